The molecule has 19 heavy (non-hydrogen) atoms. The van der Waals surface area contributed by atoms with E-state index < -0.39 is 0 Å². The maximum absolute atomic E-state index is 2.65. The molecule has 1 aliphatic rings. The molecule has 0 aliphatic carbocycles. The summed E-state index contributed by atoms with van der Waals surface area (Å²) in [6.45, 7) is 7.47. The molecule has 1 saturated heterocycles. The van der Waals surface area contributed by atoms with Gasteiger partial charge in [0.15, 0.2) is 0 Å². The van der Waals surface area contributed by atoms with Crippen molar-refractivity contribution in [2.24, 2.45) is 5.92 Å². The van der Waals surface area contributed by atoms with Crippen LogP contribution in [0.4, 0.5) is 5.69 Å². The first-order valence-corrected chi connectivity index (χ1v) is 7.74. The van der Waals surface area contributed by atoms with Crippen LogP contribution in [0, 0.1) is 5.92 Å². The van der Waals surface area contributed by atoms with Crippen molar-refractivity contribution in [3.05, 3.63) is 30.3 Å². The first kappa shape index (κ1) is 14.4. The molecule has 0 amide bonds. The Kier molecular flexibility index (Phi) is 5.71. The third-order valence-electron chi connectivity index (χ3n) is 4.17. The quantitative estimate of drug-likeness (QED) is 0.770. The summed E-state index contributed by atoms with van der Waals surface area (Å²) in [6.07, 6.45) is 5.51. The average molecular weight is 260 g/mol. The van der Waals surface area contributed by atoms with Crippen molar-refractivity contribution in [1.82, 2.24) is 4.90 Å². The number of benzene rings is 1. The van der Waals surface area contributed by atoms with Gasteiger partial charge in [-0.1, -0.05) is 31.5 Å². The number of para-hydroxylation sites is 1. The van der Waals surface area contributed by atoms with Crippen molar-refractivity contribution >= 4 is 5.69 Å². The van der Waals surface area contributed by atoms with Crippen molar-refractivity contribution < 1.29 is 0 Å². The van der Waals surface area contributed by atoms with Crippen molar-refractivity contribution in [3.8, 4) is 0 Å². The van der Waals surface area contributed by atoms with Crippen LogP contribution in [-0.2, 0) is 0 Å². The molecule has 1 aliphatic heterocycles. The van der Waals surface area contributed by atoms with E-state index in [1.165, 1.54) is 51.0 Å². The summed E-state index contributed by atoms with van der Waals surface area (Å²) in [6, 6.07) is 10.7. The molecule has 2 heteroatoms. The highest BCUT2D eigenvalue weighted by Crippen LogP contribution is 2.15. The molecule has 106 valence electrons. The monoisotopic (exact) mass is 260 g/mol. The largest absolute Gasteiger partial charge is 0.375 e. The van der Waals surface area contributed by atoms with Gasteiger partial charge in [-0.25, -0.2) is 0 Å². The van der Waals surface area contributed by atoms with Gasteiger partial charge in [0.1, 0.15) is 0 Å². The van der Waals surface area contributed by atoms with E-state index in [0.717, 1.165) is 12.5 Å². The summed E-state index contributed by atoms with van der Waals surface area (Å²) in [4.78, 5) is 5.02. The first-order valence-electron chi connectivity index (χ1n) is 7.74. The van der Waals surface area contributed by atoms with E-state index in [-0.39, 0.29) is 0 Å². The zero-order chi connectivity index (χ0) is 13.5. The van der Waals surface area contributed by atoms with Gasteiger partial charge in [-0.2, -0.15) is 0 Å². The summed E-state index contributed by atoms with van der Waals surface area (Å²) in [7, 11) is 2.20. The standard InChI is InChI=1S/C17H28N2/c1-16(15-19-12-7-4-8-13-19)11-14-18(2)17-9-5-3-6-10-17/h3,5-6,9-10,16H,4,7-8,11-15H2,1-2H3. The number of piperidine rings is 1. The predicted octanol–water partition coefficient (Wildman–Crippen LogP) is 3.63. The Labute approximate surface area is 118 Å². The van der Waals surface area contributed by atoms with Crippen LogP contribution in [-0.4, -0.2) is 38.1 Å². The lowest BCUT2D eigenvalue weighted by molar-refractivity contribution is 0.197. The van der Waals surface area contributed by atoms with Crippen molar-refractivity contribution in [2.75, 3.05) is 38.1 Å². The third kappa shape index (κ3) is 4.87. The van der Waals surface area contributed by atoms with E-state index in [1.54, 1.807) is 0 Å². The van der Waals surface area contributed by atoms with Crippen LogP contribution in [0.5, 0.6) is 0 Å². The molecule has 0 spiro atoms. The Morgan fingerprint density at radius 1 is 1.11 bits per heavy atom. The molecule has 1 aromatic carbocycles. The lowest BCUT2D eigenvalue weighted by Crippen LogP contribution is -2.34. The summed E-state index contributed by atoms with van der Waals surface area (Å²) in [5, 5.41) is 0. The van der Waals surface area contributed by atoms with Crippen LogP contribution >= 0.6 is 0 Å². The lowest BCUT2D eigenvalue weighted by Gasteiger charge is -2.30. The molecule has 0 aromatic heterocycles. The van der Waals surface area contributed by atoms with E-state index in [1.807, 2.05) is 0 Å². The molecule has 0 saturated carbocycles. The SMILES string of the molecule is CC(CCN(C)c1ccccc1)CN1CCCCC1. The Bertz CT molecular complexity index is 344. The van der Waals surface area contributed by atoms with Gasteiger partial charge < -0.3 is 9.80 Å². The number of nitrogens with zero attached hydrogens (tertiary/aromatic N) is 2. The molecule has 0 N–H and O–H groups in total. The lowest BCUT2D eigenvalue weighted by atomic mass is 10.0. The highest BCUT2D eigenvalue weighted by molar-refractivity contribution is 5.44. The fourth-order valence-corrected chi connectivity index (χ4v) is 2.90. The molecule has 1 unspecified atom stereocenters. The number of anilines is 1. The molecule has 0 radical (unpaired) electrons. The van der Waals surface area contributed by atoms with E-state index in [2.05, 4.69) is 54.1 Å². The average Bonchev–Trinajstić information content (AvgIpc) is 2.47. The smallest absolute Gasteiger partial charge is 0.0363 e. The van der Waals surface area contributed by atoms with Crippen LogP contribution in [0.3, 0.4) is 0 Å². The normalized spacial score (nSPS) is 18.2. The second-order valence-corrected chi connectivity index (χ2v) is 6.01. The minimum Gasteiger partial charge on any atom is -0.375 e. The highest BCUT2D eigenvalue weighted by atomic mass is 15.1. The van der Waals surface area contributed by atoms with Gasteiger partial charge in [0, 0.05) is 25.8 Å². The summed E-state index contributed by atoms with van der Waals surface area (Å²) in [5.41, 5.74) is 1.33. The molecular weight excluding hydrogens is 232 g/mol. The zero-order valence-electron chi connectivity index (χ0n) is 12.5. The zero-order valence-corrected chi connectivity index (χ0v) is 12.5. The molecule has 0 bridgehead atoms. The predicted molar refractivity (Wildman–Crippen MR) is 83.8 cm³/mol. The summed E-state index contributed by atoms with van der Waals surface area (Å²) < 4.78 is 0. The Morgan fingerprint density at radius 3 is 2.47 bits per heavy atom. The Morgan fingerprint density at radius 2 is 1.79 bits per heavy atom. The van der Waals surface area contributed by atoms with E-state index in [0.29, 0.717) is 0 Å². The van der Waals surface area contributed by atoms with Gasteiger partial charge in [-0.3, -0.25) is 0 Å². The van der Waals surface area contributed by atoms with Crippen LogP contribution in [0.2, 0.25) is 0 Å². The molecule has 2 rings (SSSR count). The van der Waals surface area contributed by atoms with Crippen LogP contribution in [0.25, 0.3) is 0 Å². The molecule has 2 nitrogen and oxygen atoms in total. The third-order valence-corrected chi connectivity index (χ3v) is 4.17. The van der Waals surface area contributed by atoms with Gasteiger partial charge in [0.2, 0.25) is 0 Å². The maximum atomic E-state index is 2.65. The number of rotatable bonds is 6. The maximum Gasteiger partial charge on any atom is 0.0363 e. The molecule has 1 fully saturated rings. The molecule has 1 heterocycles. The van der Waals surface area contributed by atoms with Crippen molar-refractivity contribution in [3.63, 3.8) is 0 Å². The van der Waals surface area contributed by atoms with E-state index in [4.69, 9.17) is 0 Å². The summed E-state index contributed by atoms with van der Waals surface area (Å²) in [5.74, 6) is 0.796. The van der Waals surface area contributed by atoms with Gasteiger partial charge in [-0.05, 0) is 50.4 Å². The van der Waals surface area contributed by atoms with Crippen LogP contribution in [0.15, 0.2) is 30.3 Å². The summed E-state index contributed by atoms with van der Waals surface area (Å²) >= 11 is 0. The minimum absolute atomic E-state index is 0.796. The fraction of sp³-hybridized carbons (Fsp3) is 0.647. The Balaban J connectivity index is 1.69. The van der Waals surface area contributed by atoms with E-state index in [9.17, 15) is 0 Å². The van der Waals surface area contributed by atoms with Gasteiger partial charge >= 0.3 is 0 Å². The van der Waals surface area contributed by atoms with Crippen molar-refractivity contribution in [2.45, 2.75) is 32.6 Å². The van der Waals surface area contributed by atoms with Gasteiger partial charge in [-0.15, -0.1) is 0 Å². The fourth-order valence-electron chi connectivity index (χ4n) is 2.90. The number of hydrogen-bond donors (Lipinski definition) is 0. The number of likely N-dealkylation sites (tertiary alicyclic amines) is 1. The molecule has 1 aromatic rings. The number of hydrogen-bond acceptors (Lipinski definition) is 2. The van der Waals surface area contributed by atoms with Gasteiger partial charge in [0.25, 0.3) is 0 Å². The minimum atomic E-state index is 0.796. The van der Waals surface area contributed by atoms with Crippen LogP contribution < -0.4 is 4.90 Å². The first-order chi connectivity index (χ1) is 9.25. The van der Waals surface area contributed by atoms with Gasteiger partial charge in [0.05, 0.1) is 0 Å². The topological polar surface area (TPSA) is 6.48 Å². The molecule has 1 atom stereocenters. The Hall–Kier alpha value is -1.02. The second-order valence-electron chi connectivity index (χ2n) is 6.01. The molecular formula is C17H28N2. The highest BCUT2D eigenvalue weighted by Gasteiger charge is 2.13. The second kappa shape index (κ2) is 7.54. The van der Waals surface area contributed by atoms with Crippen molar-refractivity contribution in [1.29, 1.82) is 0 Å². The van der Waals surface area contributed by atoms with Crippen LogP contribution in [0.1, 0.15) is 32.6 Å². The van der Waals surface area contributed by atoms with E-state index >= 15 is 0 Å².